The topological polar surface area (TPSA) is 77.8 Å². The Morgan fingerprint density at radius 3 is 1.57 bits per heavy atom. The van der Waals surface area contributed by atoms with Crippen LogP contribution in [0.4, 0.5) is 0 Å². The van der Waals surface area contributed by atoms with Gasteiger partial charge in [-0.1, -0.05) is 66.4 Å². The van der Waals surface area contributed by atoms with E-state index in [1.54, 1.807) is 36.4 Å². The molecule has 0 spiro atoms. The van der Waals surface area contributed by atoms with Crippen molar-refractivity contribution in [2.45, 2.75) is 9.79 Å². The molecule has 4 aromatic rings. The van der Waals surface area contributed by atoms with Crippen molar-refractivity contribution in [2.75, 3.05) is 0 Å². The van der Waals surface area contributed by atoms with E-state index in [-0.39, 0.29) is 11.5 Å². The summed E-state index contributed by atoms with van der Waals surface area (Å²) in [5, 5.41) is 30.5. The molecule has 28 heavy (non-hydrogen) atoms. The van der Waals surface area contributed by atoms with Crippen LogP contribution in [0.25, 0.3) is 10.8 Å². The van der Waals surface area contributed by atoms with E-state index in [1.807, 2.05) is 61.4 Å². The Morgan fingerprint density at radius 1 is 0.571 bits per heavy atom. The minimum atomic E-state index is 0.228. The molecular weight excluding hydrogens is 372 g/mol. The maximum atomic E-state index is 9.56. The Morgan fingerprint density at radius 2 is 1.04 bits per heavy atom. The van der Waals surface area contributed by atoms with Crippen LogP contribution in [-0.4, -0.2) is 22.1 Å². The van der Waals surface area contributed by atoms with Crippen molar-refractivity contribution in [1.29, 1.82) is 0 Å². The number of para-hydroxylation sites is 2. The predicted octanol–water partition coefficient (Wildman–Crippen LogP) is 5.61. The second-order valence-corrected chi connectivity index (χ2v) is 6.65. The van der Waals surface area contributed by atoms with Gasteiger partial charge in [-0.15, -0.1) is 0 Å². The molecule has 4 nitrogen and oxygen atoms in total. The van der Waals surface area contributed by atoms with Crippen LogP contribution in [0.1, 0.15) is 0 Å². The van der Waals surface area contributed by atoms with Crippen LogP contribution in [0.2, 0.25) is 0 Å². The fourth-order valence-corrected chi connectivity index (χ4v) is 3.26. The quantitative estimate of drug-likeness (QED) is 0.413. The van der Waals surface area contributed by atoms with Gasteiger partial charge in [0.25, 0.3) is 0 Å². The first-order chi connectivity index (χ1) is 13.6. The first kappa shape index (κ1) is 20.9. The summed E-state index contributed by atoms with van der Waals surface area (Å²) in [6, 6.07) is 27.4. The third-order valence-electron chi connectivity index (χ3n) is 3.68. The van der Waals surface area contributed by atoms with Gasteiger partial charge in [0.1, 0.15) is 24.0 Å². The number of hydrogen-bond acceptors (Lipinski definition) is 5. The van der Waals surface area contributed by atoms with Gasteiger partial charge in [-0.2, -0.15) is 0 Å². The second-order valence-electron chi connectivity index (χ2n) is 5.57. The number of phenols is 3. The van der Waals surface area contributed by atoms with Crippen LogP contribution in [0, 0.1) is 0 Å². The number of benzene rings is 4. The van der Waals surface area contributed by atoms with Gasteiger partial charge in [0, 0.05) is 0 Å². The minimum absolute atomic E-state index is 0.228. The van der Waals surface area contributed by atoms with Gasteiger partial charge in [0.2, 0.25) is 0 Å². The summed E-state index contributed by atoms with van der Waals surface area (Å²) in [5.41, 5.74) is 0. The summed E-state index contributed by atoms with van der Waals surface area (Å²) < 4.78 is 0. The molecule has 0 aliphatic carbocycles. The van der Waals surface area contributed by atoms with Crippen molar-refractivity contribution in [1.82, 2.24) is 0 Å². The number of fused-ring (bicyclic) bond motifs is 1. The van der Waals surface area contributed by atoms with Crippen LogP contribution in [0.5, 0.6) is 17.2 Å². The first-order valence-corrected chi connectivity index (χ1v) is 9.15. The maximum absolute atomic E-state index is 9.56. The number of rotatable bonds is 2. The lowest BCUT2D eigenvalue weighted by atomic mass is 10.1. The van der Waals surface area contributed by atoms with E-state index in [0.717, 1.165) is 20.6 Å². The van der Waals surface area contributed by atoms with Crippen molar-refractivity contribution >= 4 is 29.3 Å². The lowest BCUT2D eigenvalue weighted by Gasteiger charge is -2.05. The Hall–Kier alpha value is -3.44. The molecule has 142 valence electrons. The molecule has 4 rings (SSSR count). The van der Waals surface area contributed by atoms with Crippen LogP contribution >= 0.6 is 11.8 Å². The summed E-state index contributed by atoms with van der Waals surface area (Å²) in [5.74, 6) is 0.778. The molecule has 0 aliphatic rings. The summed E-state index contributed by atoms with van der Waals surface area (Å²) >= 11 is 1.34. The average molecular weight is 392 g/mol. The zero-order valence-electron chi connectivity index (χ0n) is 15.0. The summed E-state index contributed by atoms with van der Waals surface area (Å²) in [7, 11) is 0. The number of aromatic hydroxyl groups is 3. The van der Waals surface area contributed by atoms with E-state index in [1.165, 1.54) is 11.8 Å². The van der Waals surface area contributed by atoms with Gasteiger partial charge < -0.3 is 20.1 Å². The van der Waals surface area contributed by atoms with Crippen molar-refractivity contribution in [3.8, 4) is 17.2 Å². The van der Waals surface area contributed by atoms with Gasteiger partial charge in [-0.25, -0.2) is 0 Å². The molecule has 0 fully saturated rings. The molecule has 0 amide bonds. The molecule has 0 heterocycles. The molecule has 0 radical (unpaired) electrons. The van der Waals surface area contributed by atoms with Crippen LogP contribution in [0.3, 0.4) is 0 Å². The van der Waals surface area contributed by atoms with Gasteiger partial charge in [-0.05, 0) is 47.2 Å². The van der Waals surface area contributed by atoms with E-state index in [2.05, 4.69) is 0 Å². The Kier molecular flexibility index (Phi) is 7.93. The molecule has 0 bridgehead atoms. The van der Waals surface area contributed by atoms with E-state index in [9.17, 15) is 10.2 Å². The monoisotopic (exact) mass is 392 g/mol. The molecule has 0 atom stereocenters. The molecule has 0 saturated carbocycles. The highest BCUT2D eigenvalue weighted by molar-refractivity contribution is 7.99. The van der Waals surface area contributed by atoms with Crippen LogP contribution in [-0.2, 0) is 4.79 Å². The molecule has 0 unspecified atom stereocenters. The zero-order chi connectivity index (χ0) is 20.4. The maximum Gasteiger partial charge on any atom is 0.129 e. The number of phenolic OH excluding ortho intramolecular Hbond substituents is 3. The van der Waals surface area contributed by atoms with E-state index in [4.69, 9.17) is 9.90 Å². The first-order valence-electron chi connectivity index (χ1n) is 8.34. The van der Waals surface area contributed by atoms with Crippen molar-refractivity contribution in [2.24, 2.45) is 0 Å². The number of carbonyl (C=O) groups is 1. The lowest BCUT2D eigenvalue weighted by molar-refractivity contribution is -0.0979. The average Bonchev–Trinajstić information content (AvgIpc) is 2.73. The molecule has 0 aliphatic heterocycles. The second kappa shape index (κ2) is 10.6. The Labute approximate surface area is 167 Å². The minimum Gasteiger partial charge on any atom is -0.508 e. The summed E-state index contributed by atoms with van der Waals surface area (Å²) in [6.07, 6.45) is 0. The number of hydrogen-bond donors (Lipinski definition) is 3. The van der Waals surface area contributed by atoms with Gasteiger partial charge in [0.05, 0.1) is 9.79 Å². The van der Waals surface area contributed by atoms with Crippen molar-refractivity contribution in [3.63, 3.8) is 0 Å². The van der Waals surface area contributed by atoms with E-state index < -0.39 is 0 Å². The zero-order valence-corrected chi connectivity index (χ0v) is 15.8. The lowest BCUT2D eigenvalue weighted by Crippen LogP contribution is -1.75. The van der Waals surface area contributed by atoms with Gasteiger partial charge >= 0.3 is 0 Å². The Bertz CT molecular complexity index is 990. The highest BCUT2D eigenvalue weighted by atomic mass is 32.2. The SMILES string of the molecule is C=O.Oc1ccc2ccccc2c1.Oc1ccccc1Sc1ccccc1O. The number of carbonyl (C=O) groups excluding carboxylic acids is 1. The van der Waals surface area contributed by atoms with Crippen molar-refractivity contribution < 1.29 is 20.1 Å². The largest absolute Gasteiger partial charge is 0.508 e. The van der Waals surface area contributed by atoms with E-state index >= 15 is 0 Å². The smallest absolute Gasteiger partial charge is 0.129 e. The van der Waals surface area contributed by atoms with Gasteiger partial charge in [0.15, 0.2) is 0 Å². The summed E-state index contributed by atoms with van der Waals surface area (Å²) in [6.45, 7) is 2.00. The van der Waals surface area contributed by atoms with Crippen molar-refractivity contribution in [3.05, 3.63) is 91.0 Å². The molecule has 0 saturated heterocycles. The molecular formula is C23H20O4S. The highest BCUT2D eigenvalue weighted by Crippen LogP contribution is 2.37. The molecule has 0 aromatic heterocycles. The summed E-state index contributed by atoms with van der Waals surface area (Å²) in [4.78, 5) is 9.47. The third-order valence-corrected chi connectivity index (χ3v) is 4.81. The standard InChI is InChI=1S/C12H10O2S.C10H8O.CH2O/c13-9-5-1-3-7-11(9)15-12-8-4-2-6-10(12)14;11-10-6-5-8-3-1-2-4-9(8)7-10;1-2/h1-8,13-14H;1-7,11H;1H2. The van der Waals surface area contributed by atoms with Crippen LogP contribution < -0.4 is 0 Å². The highest BCUT2D eigenvalue weighted by Gasteiger charge is 2.05. The fraction of sp³-hybridized carbons (Fsp3) is 0. The molecule has 4 aromatic carbocycles. The van der Waals surface area contributed by atoms with Gasteiger partial charge in [-0.3, -0.25) is 0 Å². The van der Waals surface area contributed by atoms with E-state index in [0.29, 0.717) is 5.75 Å². The normalized spacial score (nSPS) is 9.57. The predicted molar refractivity (Wildman–Crippen MR) is 113 cm³/mol. The molecule has 3 N–H and O–H groups in total. The molecule has 5 heteroatoms. The third kappa shape index (κ3) is 5.79. The fourth-order valence-electron chi connectivity index (χ4n) is 2.38. The Balaban J connectivity index is 0.000000191. The van der Waals surface area contributed by atoms with Crippen LogP contribution in [0.15, 0.2) is 101 Å².